The third-order valence-corrected chi connectivity index (χ3v) is 3.87. The Morgan fingerprint density at radius 3 is 2.57 bits per heavy atom. The molecule has 0 aliphatic rings. The average molecular weight is 313 g/mol. The Kier molecular flexibility index (Phi) is 5.74. The Morgan fingerprint density at radius 2 is 1.87 bits per heavy atom. The summed E-state index contributed by atoms with van der Waals surface area (Å²) in [5.74, 6) is -0.153. The van der Waals surface area contributed by atoms with Crippen molar-refractivity contribution in [2.45, 2.75) is 33.1 Å². The molecule has 1 heterocycles. The molecule has 122 valence electrons. The van der Waals surface area contributed by atoms with Crippen molar-refractivity contribution in [3.8, 4) is 17.0 Å². The highest BCUT2D eigenvalue weighted by Gasteiger charge is 2.25. The van der Waals surface area contributed by atoms with Crippen LogP contribution in [0.4, 0.5) is 0 Å². The van der Waals surface area contributed by atoms with E-state index in [1.54, 1.807) is 20.0 Å². The second kappa shape index (κ2) is 7.77. The highest BCUT2D eigenvalue weighted by molar-refractivity contribution is 5.73. The van der Waals surface area contributed by atoms with E-state index in [9.17, 15) is 4.79 Å². The number of benzene rings is 1. The minimum Gasteiger partial charge on any atom is -0.481 e. The molecule has 0 saturated heterocycles. The summed E-state index contributed by atoms with van der Waals surface area (Å²) in [6, 6.07) is 14.0. The van der Waals surface area contributed by atoms with Gasteiger partial charge in [-0.05, 0) is 50.3 Å². The lowest BCUT2D eigenvalue weighted by atomic mass is 9.87. The van der Waals surface area contributed by atoms with E-state index in [1.807, 2.05) is 42.5 Å². The maximum atomic E-state index is 11.0. The van der Waals surface area contributed by atoms with Gasteiger partial charge in [0.25, 0.3) is 0 Å². The van der Waals surface area contributed by atoms with Gasteiger partial charge < -0.3 is 9.84 Å². The first-order chi connectivity index (χ1) is 11.0. The summed E-state index contributed by atoms with van der Waals surface area (Å²) in [5, 5.41) is 9.07. The van der Waals surface area contributed by atoms with Crippen molar-refractivity contribution in [2.75, 3.05) is 6.61 Å². The van der Waals surface area contributed by atoms with Gasteiger partial charge in [0.1, 0.15) is 0 Å². The largest absolute Gasteiger partial charge is 0.481 e. The van der Waals surface area contributed by atoms with Crippen molar-refractivity contribution in [1.82, 2.24) is 4.98 Å². The van der Waals surface area contributed by atoms with E-state index in [0.717, 1.165) is 24.0 Å². The standard InChI is InChI=1S/C19H23NO3/c1-19(2,18(21)22)11-6-7-13-23-17-14-16(10-12-20-17)15-8-4-3-5-9-15/h3-5,8-10,12,14H,6-7,11,13H2,1-2H3,(H,21,22). The molecule has 2 rings (SSSR count). The summed E-state index contributed by atoms with van der Waals surface area (Å²) in [5.41, 5.74) is 1.52. The van der Waals surface area contributed by atoms with Crippen molar-refractivity contribution >= 4 is 5.97 Å². The maximum absolute atomic E-state index is 11.0. The van der Waals surface area contributed by atoms with Gasteiger partial charge in [0.2, 0.25) is 5.88 Å². The summed E-state index contributed by atoms with van der Waals surface area (Å²) in [4.78, 5) is 15.3. The van der Waals surface area contributed by atoms with Crippen LogP contribution in [-0.2, 0) is 4.79 Å². The van der Waals surface area contributed by atoms with Gasteiger partial charge in [-0.1, -0.05) is 30.3 Å². The van der Waals surface area contributed by atoms with E-state index >= 15 is 0 Å². The molecule has 4 nitrogen and oxygen atoms in total. The average Bonchev–Trinajstić information content (AvgIpc) is 2.55. The predicted octanol–water partition coefficient (Wildman–Crippen LogP) is 4.41. The molecule has 23 heavy (non-hydrogen) atoms. The lowest BCUT2D eigenvalue weighted by Gasteiger charge is -2.18. The number of rotatable bonds is 8. The number of carboxylic acids is 1. The van der Waals surface area contributed by atoms with Crippen molar-refractivity contribution in [1.29, 1.82) is 0 Å². The van der Waals surface area contributed by atoms with Crippen LogP contribution in [0, 0.1) is 5.41 Å². The fourth-order valence-electron chi connectivity index (χ4n) is 2.25. The van der Waals surface area contributed by atoms with Crippen LogP contribution in [0.15, 0.2) is 48.7 Å². The van der Waals surface area contributed by atoms with E-state index in [1.165, 1.54) is 0 Å². The molecule has 0 aliphatic carbocycles. The highest BCUT2D eigenvalue weighted by Crippen LogP contribution is 2.24. The van der Waals surface area contributed by atoms with Gasteiger partial charge in [0.05, 0.1) is 12.0 Å². The molecule has 0 bridgehead atoms. The highest BCUT2D eigenvalue weighted by atomic mass is 16.5. The van der Waals surface area contributed by atoms with Gasteiger partial charge in [-0.2, -0.15) is 0 Å². The van der Waals surface area contributed by atoms with Gasteiger partial charge in [-0.15, -0.1) is 0 Å². The normalized spacial score (nSPS) is 11.2. The summed E-state index contributed by atoms with van der Waals surface area (Å²) in [6.07, 6.45) is 4.01. The number of carbonyl (C=O) groups is 1. The minimum absolute atomic E-state index is 0.543. The smallest absolute Gasteiger partial charge is 0.309 e. The first-order valence-electron chi connectivity index (χ1n) is 7.87. The molecule has 0 saturated carbocycles. The number of unbranched alkanes of at least 4 members (excludes halogenated alkanes) is 1. The number of hydrogen-bond acceptors (Lipinski definition) is 3. The predicted molar refractivity (Wildman–Crippen MR) is 90.4 cm³/mol. The van der Waals surface area contributed by atoms with E-state index in [2.05, 4.69) is 4.98 Å². The van der Waals surface area contributed by atoms with Crippen molar-refractivity contribution in [2.24, 2.45) is 5.41 Å². The quantitative estimate of drug-likeness (QED) is 0.733. The summed E-state index contributed by atoms with van der Waals surface area (Å²) in [6.45, 7) is 4.04. The number of pyridine rings is 1. The SMILES string of the molecule is CC(C)(CCCCOc1cc(-c2ccccc2)ccn1)C(=O)O. The van der Waals surface area contributed by atoms with Crippen molar-refractivity contribution in [3.05, 3.63) is 48.7 Å². The molecule has 4 heteroatoms. The Bertz CT molecular complexity index is 638. The Labute approximate surface area is 137 Å². The molecule has 2 aromatic rings. The second-order valence-electron chi connectivity index (χ2n) is 6.24. The third kappa shape index (κ3) is 5.09. The zero-order valence-electron chi connectivity index (χ0n) is 13.7. The number of ether oxygens (including phenoxy) is 1. The molecule has 0 atom stereocenters. The fourth-order valence-corrected chi connectivity index (χ4v) is 2.25. The van der Waals surface area contributed by atoms with E-state index in [4.69, 9.17) is 9.84 Å². The fraction of sp³-hybridized carbons (Fsp3) is 0.368. The van der Waals surface area contributed by atoms with Crippen LogP contribution in [0.2, 0.25) is 0 Å². The van der Waals surface area contributed by atoms with Crippen LogP contribution in [0.5, 0.6) is 5.88 Å². The molecule has 0 radical (unpaired) electrons. The van der Waals surface area contributed by atoms with E-state index in [0.29, 0.717) is 18.9 Å². The van der Waals surface area contributed by atoms with Gasteiger partial charge in [-0.3, -0.25) is 4.79 Å². The van der Waals surface area contributed by atoms with Crippen LogP contribution in [-0.4, -0.2) is 22.7 Å². The summed E-state index contributed by atoms with van der Waals surface area (Å²) >= 11 is 0. The Hall–Kier alpha value is -2.36. The number of nitrogens with zero attached hydrogens (tertiary/aromatic N) is 1. The number of carboxylic acid groups (broad SMARTS) is 1. The Balaban J connectivity index is 1.82. The minimum atomic E-state index is -0.754. The maximum Gasteiger partial charge on any atom is 0.309 e. The van der Waals surface area contributed by atoms with Gasteiger partial charge in [-0.25, -0.2) is 4.98 Å². The lowest BCUT2D eigenvalue weighted by Crippen LogP contribution is -2.23. The van der Waals surface area contributed by atoms with Gasteiger partial charge >= 0.3 is 5.97 Å². The molecule has 1 aromatic heterocycles. The van der Waals surface area contributed by atoms with Crippen LogP contribution in [0.3, 0.4) is 0 Å². The van der Waals surface area contributed by atoms with Gasteiger partial charge in [0, 0.05) is 12.3 Å². The Morgan fingerprint density at radius 1 is 1.13 bits per heavy atom. The molecule has 1 N–H and O–H groups in total. The van der Waals surface area contributed by atoms with Crippen LogP contribution < -0.4 is 4.74 Å². The van der Waals surface area contributed by atoms with Gasteiger partial charge in [0.15, 0.2) is 0 Å². The summed E-state index contributed by atoms with van der Waals surface area (Å²) in [7, 11) is 0. The number of aromatic nitrogens is 1. The van der Waals surface area contributed by atoms with Crippen molar-refractivity contribution in [3.63, 3.8) is 0 Å². The zero-order chi connectivity index (χ0) is 16.7. The second-order valence-corrected chi connectivity index (χ2v) is 6.24. The first kappa shape index (κ1) is 17.0. The summed E-state index contributed by atoms with van der Waals surface area (Å²) < 4.78 is 5.68. The molecular weight excluding hydrogens is 290 g/mol. The lowest BCUT2D eigenvalue weighted by molar-refractivity contribution is -0.147. The molecule has 0 unspecified atom stereocenters. The number of aliphatic carboxylic acids is 1. The van der Waals surface area contributed by atoms with E-state index in [-0.39, 0.29) is 0 Å². The molecule has 0 fully saturated rings. The molecular formula is C19H23NO3. The van der Waals surface area contributed by atoms with Crippen LogP contribution in [0.1, 0.15) is 33.1 Å². The zero-order valence-corrected chi connectivity index (χ0v) is 13.7. The molecule has 0 spiro atoms. The number of hydrogen-bond donors (Lipinski definition) is 1. The molecule has 0 amide bonds. The first-order valence-corrected chi connectivity index (χ1v) is 7.87. The molecule has 0 aliphatic heterocycles. The van der Waals surface area contributed by atoms with Crippen LogP contribution >= 0.6 is 0 Å². The monoisotopic (exact) mass is 313 g/mol. The topological polar surface area (TPSA) is 59.4 Å². The van der Waals surface area contributed by atoms with Crippen LogP contribution in [0.25, 0.3) is 11.1 Å². The molecule has 1 aromatic carbocycles. The van der Waals surface area contributed by atoms with Crippen molar-refractivity contribution < 1.29 is 14.6 Å². The third-order valence-electron chi connectivity index (χ3n) is 3.87. The van der Waals surface area contributed by atoms with E-state index < -0.39 is 11.4 Å².